The minimum atomic E-state index is -0.515. The molecule has 2 aromatic carbocycles. The maximum absolute atomic E-state index is 13.9. The molecule has 2 fully saturated rings. The SMILES string of the molecule is N#Cc1cc(F)cc(OC[C@H]2CC[C@H](C(=O)N3OCC[C@H]3c3cc(F)cc(C#N)c3)CC2)c1. The molecule has 0 N–H and O–H groups in total. The van der Waals surface area contributed by atoms with Crippen molar-refractivity contribution in [3.8, 4) is 17.9 Å². The number of hydrogen-bond acceptors (Lipinski definition) is 5. The van der Waals surface area contributed by atoms with E-state index in [-0.39, 0.29) is 28.9 Å². The van der Waals surface area contributed by atoms with Crippen molar-refractivity contribution in [1.29, 1.82) is 10.5 Å². The second-order valence-corrected chi connectivity index (χ2v) is 8.50. The first-order valence-corrected chi connectivity index (χ1v) is 11.0. The lowest BCUT2D eigenvalue weighted by Gasteiger charge is -2.32. The van der Waals surface area contributed by atoms with Crippen molar-refractivity contribution in [2.75, 3.05) is 13.2 Å². The number of hydrogen-bond donors (Lipinski definition) is 0. The van der Waals surface area contributed by atoms with Crippen LogP contribution in [0.2, 0.25) is 0 Å². The number of nitriles is 2. The Labute approximate surface area is 190 Å². The molecule has 0 radical (unpaired) electrons. The van der Waals surface area contributed by atoms with Gasteiger partial charge in [-0.05, 0) is 67.5 Å². The third-order valence-electron chi connectivity index (χ3n) is 6.24. The van der Waals surface area contributed by atoms with Gasteiger partial charge in [-0.15, -0.1) is 0 Å². The Kier molecular flexibility index (Phi) is 6.86. The molecule has 4 rings (SSSR count). The molecule has 2 aliphatic rings. The van der Waals surface area contributed by atoms with E-state index in [4.69, 9.17) is 20.1 Å². The molecule has 6 nitrogen and oxygen atoms in total. The number of halogens is 2. The van der Waals surface area contributed by atoms with Crippen molar-refractivity contribution >= 4 is 5.91 Å². The van der Waals surface area contributed by atoms with Crippen LogP contribution in [0.3, 0.4) is 0 Å². The van der Waals surface area contributed by atoms with E-state index in [0.29, 0.717) is 43.8 Å². The van der Waals surface area contributed by atoms with Crippen LogP contribution in [-0.4, -0.2) is 24.2 Å². The number of ether oxygens (including phenoxy) is 1. The molecule has 0 unspecified atom stereocenters. The van der Waals surface area contributed by atoms with Crippen molar-refractivity contribution < 1.29 is 23.1 Å². The predicted molar refractivity (Wildman–Crippen MR) is 113 cm³/mol. The Morgan fingerprint density at radius 3 is 2.33 bits per heavy atom. The molecule has 1 aliphatic carbocycles. The maximum Gasteiger partial charge on any atom is 0.249 e. The summed E-state index contributed by atoms with van der Waals surface area (Å²) in [6.45, 7) is 0.745. The van der Waals surface area contributed by atoms with E-state index in [1.54, 1.807) is 6.07 Å². The molecule has 1 aliphatic heterocycles. The summed E-state index contributed by atoms with van der Waals surface area (Å²) < 4.78 is 33.2. The summed E-state index contributed by atoms with van der Waals surface area (Å²) in [5.74, 6) is -0.805. The summed E-state index contributed by atoms with van der Waals surface area (Å²) in [5.41, 5.74) is 0.982. The first kappa shape index (κ1) is 22.7. The summed E-state index contributed by atoms with van der Waals surface area (Å²) >= 11 is 0. The number of amides is 1. The molecule has 0 spiro atoms. The number of nitrogens with zero attached hydrogens (tertiary/aromatic N) is 3. The summed E-state index contributed by atoms with van der Waals surface area (Å²) in [5, 5.41) is 19.4. The Hall–Kier alpha value is -3.49. The third kappa shape index (κ3) is 5.30. The largest absolute Gasteiger partial charge is 0.493 e. The fraction of sp³-hybridized carbons (Fsp3) is 0.400. The number of carbonyl (C=O) groups is 1. The second-order valence-electron chi connectivity index (χ2n) is 8.50. The van der Waals surface area contributed by atoms with Crippen molar-refractivity contribution in [3.63, 3.8) is 0 Å². The number of hydroxylamine groups is 2. The highest BCUT2D eigenvalue weighted by molar-refractivity contribution is 5.78. The molecular formula is C25H23F2N3O3. The van der Waals surface area contributed by atoms with Gasteiger partial charge in [0.1, 0.15) is 17.4 Å². The Morgan fingerprint density at radius 2 is 1.64 bits per heavy atom. The lowest BCUT2D eigenvalue weighted by molar-refractivity contribution is -0.183. The highest BCUT2D eigenvalue weighted by Gasteiger charge is 2.37. The molecule has 170 valence electrons. The van der Waals surface area contributed by atoms with Crippen molar-refractivity contribution in [1.82, 2.24) is 5.06 Å². The lowest BCUT2D eigenvalue weighted by Crippen LogP contribution is -2.37. The molecule has 1 saturated heterocycles. The standard InChI is InChI=1S/C25H23F2N3O3/c26-21-8-17(13-28)7-20(11-21)24-5-6-33-30(24)25(31)19-3-1-16(2-4-19)15-32-23-10-18(14-29)9-22(27)12-23/h7-12,16,19,24H,1-6,15H2/t16-,19-,24-/m0/s1. The van der Waals surface area contributed by atoms with E-state index in [2.05, 4.69) is 0 Å². The number of carbonyl (C=O) groups excluding carboxylic acids is 1. The van der Waals surface area contributed by atoms with Crippen LogP contribution in [0.1, 0.15) is 54.8 Å². The van der Waals surface area contributed by atoms with E-state index in [0.717, 1.165) is 18.9 Å². The third-order valence-corrected chi connectivity index (χ3v) is 6.24. The van der Waals surface area contributed by atoms with Crippen LogP contribution in [0.5, 0.6) is 5.75 Å². The Balaban J connectivity index is 1.33. The maximum atomic E-state index is 13.9. The van der Waals surface area contributed by atoms with Crippen LogP contribution in [0.4, 0.5) is 8.78 Å². The molecule has 1 saturated carbocycles. The first-order valence-electron chi connectivity index (χ1n) is 11.0. The molecule has 0 bridgehead atoms. The van der Waals surface area contributed by atoms with Crippen LogP contribution in [-0.2, 0) is 9.63 Å². The van der Waals surface area contributed by atoms with Crippen molar-refractivity contribution in [2.45, 2.75) is 38.1 Å². The normalized spacial score (nSPS) is 22.4. The van der Waals surface area contributed by atoms with Gasteiger partial charge in [-0.2, -0.15) is 10.5 Å². The van der Waals surface area contributed by atoms with Gasteiger partial charge in [-0.25, -0.2) is 13.8 Å². The number of rotatable bonds is 5. The predicted octanol–water partition coefficient (Wildman–Crippen LogP) is 4.80. The highest BCUT2D eigenvalue weighted by atomic mass is 19.1. The minimum Gasteiger partial charge on any atom is -0.493 e. The zero-order valence-corrected chi connectivity index (χ0v) is 18.0. The van der Waals surface area contributed by atoms with Gasteiger partial charge in [0.05, 0.1) is 42.5 Å². The van der Waals surface area contributed by atoms with Gasteiger partial charge < -0.3 is 4.74 Å². The molecule has 0 aromatic heterocycles. The molecule has 1 heterocycles. The molecule has 8 heteroatoms. The van der Waals surface area contributed by atoms with Gasteiger partial charge in [0.15, 0.2) is 0 Å². The van der Waals surface area contributed by atoms with Gasteiger partial charge >= 0.3 is 0 Å². The van der Waals surface area contributed by atoms with E-state index in [9.17, 15) is 13.6 Å². The average Bonchev–Trinajstić information content (AvgIpc) is 3.32. The summed E-state index contributed by atoms with van der Waals surface area (Å²) in [7, 11) is 0. The summed E-state index contributed by atoms with van der Waals surface area (Å²) in [4.78, 5) is 18.8. The fourth-order valence-corrected chi connectivity index (χ4v) is 4.54. The van der Waals surface area contributed by atoms with Crippen molar-refractivity contribution in [3.05, 3.63) is 64.7 Å². The Bertz CT molecular complexity index is 1120. The molecule has 1 amide bonds. The zero-order chi connectivity index (χ0) is 23.4. The summed E-state index contributed by atoms with van der Waals surface area (Å²) in [6.07, 6.45) is 3.42. The van der Waals surface area contributed by atoms with Crippen LogP contribution >= 0.6 is 0 Å². The van der Waals surface area contributed by atoms with Gasteiger partial charge in [0, 0.05) is 18.4 Å². The molecule has 33 heavy (non-hydrogen) atoms. The molecular weight excluding hydrogens is 428 g/mol. The second kappa shape index (κ2) is 9.97. The Morgan fingerprint density at radius 1 is 0.970 bits per heavy atom. The lowest BCUT2D eigenvalue weighted by atomic mass is 9.81. The van der Waals surface area contributed by atoms with Gasteiger partial charge in [-0.3, -0.25) is 9.63 Å². The van der Waals surface area contributed by atoms with Gasteiger partial charge in [-0.1, -0.05) is 0 Å². The van der Waals surface area contributed by atoms with Crippen molar-refractivity contribution in [2.24, 2.45) is 11.8 Å². The zero-order valence-electron chi connectivity index (χ0n) is 18.0. The quantitative estimate of drug-likeness (QED) is 0.652. The number of benzene rings is 2. The van der Waals surface area contributed by atoms with Crippen LogP contribution in [0, 0.1) is 46.1 Å². The van der Waals surface area contributed by atoms with Gasteiger partial charge in [0.2, 0.25) is 5.91 Å². The van der Waals surface area contributed by atoms with Crippen LogP contribution in [0.15, 0.2) is 36.4 Å². The summed E-state index contributed by atoms with van der Waals surface area (Å²) in [6, 6.07) is 11.5. The minimum absolute atomic E-state index is 0.122. The smallest absolute Gasteiger partial charge is 0.249 e. The molecule has 1 atom stereocenters. The first-order chi connectivity index (χ1) is 16.0. The van der Waals surface area contributed by atoms with Crippen LogP contribution < -0.4 is 4.74 Å². The van der Waals surface area contributed by atoms with E-state index in [1.807, 2.05) is 12.1 Å². The fourth-order valence-electron chi connectivity index (χ4n) is 4.54. The molecule has 2 aromatic rings. The van der Waals surface area contributed by atoms with Crippen LogP contribution in [0.25, 0.3) is 0 Å². The average molecular weight is 451 g/mol. The van der Waals surface area contributed by atoms with E-state index < -0.39 is 17.7 Å². The highest BCUT2D eigenvalue weighted by Crippen LogP contribution is 2.37. The monoisotopic (exact) mass is 451 g/mol. The van der Waals surface area contributed by atoms with E-state index in [1.165, 1.54) is 29.3 Å². The topological polar surface area (TPSA) is 86.3 Å². The van der Waals surface area contributed by atoms with Gasteiger partial charge in [0.25, 0.3) is 0 Å². The van der Waals surface area contributed by atoms with E-state index >= 15 is 0 Å².